The third-order valence-corrected chi connectivity index (χ3v) is 6.11. The summed E-state index contributed by atoms with van der Waals surface area (Å²) in [6.45, 7) is 5.63. The summed E-state index contributed by atoms with van der Waals surface area (Å²) in [6.07, 6.45) is 1.58. The second kappa shape index (κ2) is 6.63. The Morgan fingerprint density at radius 3 is 2.54 bits per heavy atom. The number of amides is 1. The first kappa shape index (κ1) is 17.3. The zero-order valence-corrected chi connectivity index (χ0v) is 16.1. The Balaban J connectivity index is 1.32. The fourth-order valence-electron chi connectivity index (χ4n) is 4.50. The van der Waals surface area contributed by atoms with Gasteiger partial charge in [-0.15, -0.1) is 0 Å². The van der Waals surface area contributed by atoms with Gasteiger partial charge in [0.25, 0.3) is 0 Å². The molecule has 1 amide bonds. The summed E-state index contributed by atoms with van der Waals surface area (Å²) in [7, 11) is 0. The van der Waals surface area contributed by atoms with Crippen molar-refractivity contribution in [3.05, 3.63) is 54.4 Å². The molecule has 0 radical (unpaired) electrons. The number of hydrogen-bond donors (Lipinski definition) is 2. The van der Waals surface area contributed by atoms with Crippen LogP contribution >= 0.6 is 0 Å². The van der Waals surface area contributed by atoms with Gasteiger partial charge in [0.15, 0.2) is 0 Å². The second-order valence-electron chi connectivity index (χ2n) is 7.74. The zero-order valence-electron chi connectivity index (χ0n) is 16.1. The Morgan fingerprint density at radius 1 is 1.04 bits per heavy atom. The van der Waals surface area contributed by atoms with Crippen LogP contribution in [0.15, 0.2) is 48.5 Å². The monoisotopic (exact) mass is 375 g/mol. The average Bonchev–Trinajstić information content (AvgIpc) is 3.07. The predicted molar refractivity (Wildman–Crippen MR) is 111 cm³/mol. The molecule has 5 rings (SSSR count). The van der Waals surface area contributed by atoms with Crippen LogP contribution in [0, 0.1) is 0 Å². The molecule has 144 valence electrons. The average molecular weight is 375 g/mol. The standard InChI is InChI=1S/C22H25N5O/c1-2-27-19-10-6-5-9-18(19)23-20(27)15-26-13-11-22(12-14-26)21(28)24-16-7-3-4-8-17(16)25-22/h3-10,25H,2,11-15H2,1H3,(H,24,28). The highest BCUT2D eigenvalue weighted by Crippen LogP contribution is 2.36. The van der Waals surface area contributed by atoms with Crippen molar-refractivity contribution >= 4 is 28.3 Å². The minimum Gasteiger partial charge on any atom is -0.369 e. The van der Waals surface area contributed by atoms with Gasteiger partial charge >= 0.3 is 0 Å². The molecule has 2 aromatic carbocycles. The molecule has 1 saturated heterocycles. The lowest BCUT2D eigenvalue weighted by atomic mass is 9.84. The van der Waals surface area contributed by atoms with Gasteiger partial charge in [0, 0.05) is 19.6 Å². The number of piperidine rings is 1. The first-order valence-electron chi connectivity index (χ1n) is 10.0. The van der Waals surface area contributed by atoms with Gasteiger partial charge in [-0.25, -0.2) is 4.98 Å². The predicted octanol–water partition coefficient (Wildman–Crippen LogP) is 3.46. The molecule has 2 aliphatic heterocycles. The zero-order chi connectivity index (χ0) is 19.1. The lowest BCUT2D eigenvalue weighted by Crippen LogP contribution is -2.58. The number of anilines is 2. The third-order valence-electron chi connectivity index (χ3n) is 6.11. The van der Waals surface area contributed by atoms with Crippen molar-refractivity contribution in [2.24, 2.45) is 0 Å². The topological polar surface area (TPSA) is 62.2 Å². The minimum absolute atomic E-state index is 0.0895. The number of fused-ring (bicyclic) bond motifs is 2. The summed E-state index contributed by atoms with van der Waals surface area (Å²) in [4.78, 5) is 20.1. The van der Waals surface area contributed by atoms with E-state index in [2.05, 4.69) is 45.2 Å². The van der Waals surface area contributed by atoms with Crippen LogP contribution in [-0.2, 0) is 17.9 Å². The summed E-state index contributed by atoms with van der Waals surface area (Å²) in [5.41, 5.74) is 3.63. The number of benzene rings is 2. The van der Waals surface area contributed by atoms with E-state index in [1.165, 1.54) is 5.52 Å². The fourth-order valence-corrected chi connectivity index (χ4v) is 4.50. The Labute approximate surface area is 164 Å². The van der Waals surface area contributed by atoms with Crippen LogP contribution in [0.4, 0.5) is 11.4 Å². The van der Waals surface area contributed by atoms with Gasteiger partial charge in [-0.05, 0) is 44.0 Å². The van der Waals surface area contributed by atoms with Crippen LogP contribution in [0.3, 0.4) is 0 Å². The molecular formula is C22H25N5O. The van der Waals surface area contributed by atoms with Gasteiger partial charge in [0.2, 0.25) is 5.91 Å². The number of nitrogens with one attached hydrogen (secondary N) is 2. The van der Waals surface area contributed by atoms with E-state index in [4.69, 9.17) is 4.98 Å². The third kappa shape index (κ3) is 2.76. The molecule has 0 unspecified atom stereocenters. The van der Waals surface area contributed by atoms with E-state index in [9.17, 15) is 4.79 Å². The number of imidazole rings is 1. The molecule has 0 aliphatic carbocycles. The van der Waals surface area contributed by atoms with Gasteiger partial charge in [-0.3, -0.25) is 9.69 Å². The van der Waals surface area contributed by atoms with Crippen LogP contribution < -0.4 is 10.6 Å². The van der Waals surface area contributed by atoms with Gasteiger partial charge in [-0.2, -0.15) is 0 Å². The normalized spacial score (nSPS) is 18.7. The second-order valence-corrected chi connectivity index (χ2v) is 7.74. The maximum Gasteiger partial charge on any atom is 0.250 e. The molecule has 6 nitrogen and oxygen atoms in total. The Morgan fingerprint density at radius 2 is 1.75 bits per heavy atom. The van der Waals surface area contributed by atoms with Crippen molar-refractivity contribution in [2.45, 2.75) is 38.4 Å². The summed E-state index contributed by atoms with van der Waals surface area (Å²) in [5.74, 6) is 1.19. The van der Waals surface area contributed by atoms with Crippen LogP contribution in [0.25, 0.3) is 11.0 Å². The number of carbonyl (C=O) groups is 1. The molecule has 0 bridgehead atoms. The SMILES string of the molecule is CCn1c(CN2CCC3(CC2)Nc2ccccc2NC3=O)nc2ccccc21. The minimum atomic E-state index is -0.504. The Hall–Kier alpha value is -2.86. The van der Waals surface area contributed by atoms with E-state index < -0.39 is 5.54 Å². The van der Waals surface area contributed by atoms with Crippen molar-refractivity contribution in [3.63, 3.8) is 0 Å². The molecule has 1 spiro atoms. The van der Waals surface area contributed by atoms with Crippen molar-refractivity contribution in [1.82, 2.24) is 14.5 Å². The van der Waals surface area contributed by atoms with Crippen LogP contribution in [0.1, 0.15) is 25.6 Å². The molecule has 1 fully saturated rings. The maximum atomic E-state index is 12.8. The molecule has 3 aromatic rings. The lowest BCUT2D eigenvalue weighted by Gasteiger charge is -2.44. The molecule has 3 heterocycles. The van der Waals surface area contributed by atoms with Gasteiger partial charge in [-0.1, -0.05) is 24.3 Å². The number of hydrogen-bond acceptors (Lipinski definition) is 4. The largest absolute Gasteiger partial charge is 0.369 e. The number of carbonyl (C=O) groups excluding carboxylic acids is 1. The maximum absolute atomic E-state index is 12.8. The first-order valence-corrected chi connectivity index (χ1v) is 10.0. The molecular weight excluding hydrogens is 350 g/mol. The summed E-state index contributed by atoms with van der Waals surface area (Å²) in [5, 5.41) is 6.62. The van der Waals surface area contributed by atoms with Crippen molar-refractivity contribution in [2.75, 3.05) is 23.7 Å². The molecule has 6 heteroatoms. The van der Waals surface area contributed by atoms with E-state index in [1.807, 2.05) is 30.3 Å². The summed E-state index contributed by atoms with van der Waals surface area (Å²) in [6, 6.07) is 16.2. The van der Waals surface area contributed by atoms with E-state index >= 15 is 0 Å². The van der Waals surface area contributed by atoms with Gasteiger partial charge < -0.3 is 15.2 Å². The Bertz CT molecular complexity index is 1030. The van der Waals surface area contributed by atoms with E-state index in [0.29, 0.717) is 0 Å². The van der Waals surface area contributed by atoms with E-state index in [-0.39, 0.29) is 5.91 Å². The van der Waals surface area contributed by atoms with Crippen molar-refractivity contribution < 1.29 is 4.79 Å². The van der Waals surface area contributed by atoms with Crippen molar-refractivity contribution in [3.8, 4) is 0 Å². The number of rotatable bonds is 3. The summed E-state index contributed by atoms with van der Waals surface area (Å²) < 4.78 is 2.29. The number of aromatic nitrogens is 2. The molecule has 0 atom stereocenters. The lowest BCUT2D eigenvalue weighted by molar-refractivity contribution is -0.122. The molecule has 28 heavy (non-hydrogen) atoms. The molecule has 2 aliphatic rings. The highest BCUT2D eigenvalue weighted by molar-refractivity contribution is 6.06. The molecule has 0 saturated carbocycles. The van der Waals surface area contributed by atoms with E-state index in [0.717, 1.165) is 61.7 Å². The number of aryl methyl sites for hydroxylation is 1. The highest BCUT2D eigenvalue weighted by Gasteiger charge is 2.44. The highest BCUT2D eigenvalue weighted by atomic mass is 16.2. The van der Waals surface area contributed by atoms with E-state index in [1.54, 1.807) is 0 Å². The fraction of sp³-hybridized carbons (Fsp3) is 0.364. The van der Waals surface area contributed by atoms with Gasteiger partial charge in [0.1, 0.15) is 11.4 Å². The first-order chi connectivity index (χ1) is 13.7. The quantitative estimate of drug-likeness (QED) is 0.736. The molecule has 1 aromatic heterocycles. The number of likely N-dealkylation sites (tertiary alicyclic amines) is 1. The van der Waals surface area contributed by atoms with Crippen LogP contribution in [0.5, 0.6) is 0 Å². The van der Waals surface area contributed by atoms with Crippen LogP contribution in [-0.4, -0.2) is 39.0 Å². The number of para-hydroxylation sites is 4. The molecule has 2 N–H and O–H groups in total. The van der Waals surface area contributed by atoms with Gasteiger partial charge in [0.05, 0.1) is 29.0 Å². The van der Waals surface area contributed by atoms with Crippen molar-refractivity contribution in [1.29, 1.82) is 0 Å². The summed E-state index contributed by atoms with van der Waals surface area (Å²) >= 11 is 0. The number of nitrogens with zero attached hydrogens (tertiary/aromatic N) is 3. The smallest absolute Gasteiger partial charge is 0.250 e. The van der Waals surface area contributed by atoms with Crippen LogP contribution in [0.2, 0.25) is 0 Å². The Kier molecular flexibility index (Phi) is 4.09.